The molecule has 0 bridgehead atoms. The van der Waals surface area contributed by atoms with Gasteiger partial charge in [-0.05, 0) is 43.7 Å². The summed E-state index contributed by atoms with van der Waals surface area (Å²) in [6.45, 7) is 0.678. The minimum atomic E-state index is -3.32. The number of thiophene rings is 1. The third-order valence-electron chi connectivity index (χ3n) is 4.52. The molecule has 1 saturated carbocycles. The molecule has 1 aliphatic heterocycles. The summed E-state index contributed by atoms with van der Waals surface area (Å²) >= 11 is 7.09. The molecule has 0 N–H and O–H groups in total. The maximum absolute atomic E-state index is 12.8. The molecule has 3 nitrogen and oxygen atoms in total. The average molecular weight is 334 g/mol. The third kappa shape index (κ3) is 2.65. The van der Waals surface area contributed by atoms with E-state index < -0.39 is 10.0 Å². The van der Waals surface area contributed by atoms with Crippen LogP contribution in [0.2, 0.25) is 0 Å². The van der Waals surface area contributed by atoms with Gasteiger partial charge >= 0.3 is 0 Å². The van der Waals surface area contributed by atoms with Crippen LogP contribution in [-0.2, 0) is 15.9 Å². The number of rotatable bonds is 4. The molecule has 1 saturated heterocycles. The van der Waals surface area contributed by atoms with Crippen LogP contribution in [0.25, 0.3) is 0 Å². The highest BCUT2D eigenvalue weighted by Crippen LogP contribution is 2.39. The molecule has 6 heteroatoms. The van der Waals surface area contributed by atoms with Crippen molar-refractivity contribution < 1.29 is 8.42 Å². The fourth-order valence-corrected chi connectivity index (χ4v) is 6.90. The van der Waals surface area contributed by atoms with Gasteiger partial charge in [-0.15, -0.1) is 22.9 Å². The lowest BCUT2D eigenvalue weighted by atomic mass is 9.97. The van der Waals surface area contributed by atoms with Crippen LogP contribution in [0.15, 0.2) is 16.3 Å². The molecular formula is C14H20ClNO2S2. The predicted molar refractivity (Wildman–Crippen MR) is 82.7 cm³/mol. The SMILES string of the molecule is O=S(=O)(c1ccc(CCl)s1)N1CCCC1C1CCCC1. The molecule has 1 unspecified atom stereocenters. The Hall–Kier alpha value is -0.100. The smallest absolute Gasteiger partial charge is 0.206 e. The van der Waals surface area contributed by atoms with E-state index in [9.17, 15) is 8.42 Å². The van der Waals surface area contributed by atoms with Crippen molar-refractivity contribution >= 4 is 33.0 Å². The highest BCUT2D eigenvalue weighted by molar-refractivity contribution is 7.91. The second kappa shape index (κ2) is 5.95. The van der Waals surface area contributed by atoms with Gasteiger partial charge in [0.1, 0.15) is 4.21 Å². The molecule has 0 amide bonds. The van der Waals surface area contributed by atoms with Crippen LogP contribution in [0, 0.1) is 5.92 Å². The van der Waals surface area contributed by atoms with Crippen molar-refractivity contribution in [1.29, 1.82) is 0 Å². The van der Waals surface area contributed by atoms with E-state index in [2.05, 4.69) is 0 Å². The normalized spacial score (nSPS) is 25.6. The van der Waals surface area contributed by atoms with Crippen LogP contribution < -0.4 is 0 Å². The Labute approximate surface area is 130 Å². The third-order valence-corrected chi connectivity index (χ3v) is 8.45. The Kier molecular flexibility index (Phi) is 4.41. The van der Waals surface area contributed by atoms with E-state index in [4.69, 9.17) is 11.6 Å². The molecule has 1 aromatic rings. The molecule has 2 heterocycles. The van der Waals surface area contributed by atoms with Crippen LogP contribution >= 0.6 is 22.9 Å². The van der Waals surface area contributed by atoms with Gasteiger partial charge in [0.25, 0.3) is 10.0 Å². The lowest BCUT2D eigenvalue weighted by Crippen LogP contribution is -2.39. The van der Waals surface area contributed by atoms with E-state index >= 15 is 0 Å². The van der Waals surface area contributed by atoms with Crippen LogP contribution in [0.4, 0.5) is 0 Å². The van der Waals surface area contributed by atoms with Crippen LogP contribution in [-0.4, -0.2) is 25.3 Å². The van der Waals surface area contributed by atoms with Crippen molar-refractivity contribution in [3.8, 4) is 0 Å². The molecule has 0 aromatic carbocycles. The van der Waals surface area contributed by atoms with Gasteiger partial charge in [-0.3, -0.25) is 0 Å². The first-order valence-electron chi connectivity index (χ1n) is 7.29. The van der Waals surface area contributed by atoms with E-state index in [1.54, 1.807) is 10.4 Å². The Balaban J connectivity index is 1.85. The summed E-state index contributed by atoms with van der Waals surface area (Å²) in [4.78, 5) is 0.918. The molecule has 20 heavy (non-hydrogen) atoms. The maximum Gasteiger partial charge on any atom is 0.252 e. The van der Waals surface area contributed by atoms with E-state index in [0.29, 0.717) is 22.6 Å². The summed E-state index contributed by atoms with van der Waals surface area (Å²) in [5.74, 6) is 0.950. The van der Waals surface area contributed by atoms with E-state index in [0.717, 1.165) is 17.7 Å². The summed E-state index contributed by atoms with van der Waals surface area (Å²) in [6, 6.07) is 3.76. The van der Waals surface area contributed by atoms with Crippen molar-refractivity contribution in [3.63, 3.8) is 0 Å². The van der Waals surface area contributed by atoms with Crippen molar-refractivity contribution in [2.45, 2.75) is 54.7 Å². The Morgan fingerprint density at radius 3 is 2.60 bits per heavy atom. The average Bonchev–Trinajstić information content (AvgIpc) is 3.17. The van der Waals surface area contributed by atoms with E-state index in [-0.39, 0.29) is 6.04 Å². The standard InChI is InChI=1S/C14H20ClNO2S2/c15-10-12-7-8-14(19-12)20(17,18)16-9-3-6-13(16)11-4-1-2-5-11/h7-8,11,13H,1-6,9-10H2. The zero-order chi connectivity index (χ0) is 14.2. The molecule has 3 rings (SSSR count). The molecule has 2 fully saturated rings. The van der Waals surface area contributed by atoms with Crippen LogP contribution in [0.3, 0.4) is 0 Å². The molecule has 1 aromatic heterocycles. The summed E-state index contributed by atoms with van der Waals surface area (Å²) in [7, 11) is -3.32. The van der Waals surface area contributed by atoms with Gasteiger partial charge in [0.2, 0.25) is 0 Å². The van der Waals surface area contributed by atoms with Gasteiger partial charge in [0.05, 0.1) is 5.88 Å². The summed E-state index contributed by atoms with van der Waals surface area (Å²) in [6.07, 6.45) is 6.91. The van der Waals surface area contributed by atoms with E-state index in [1.807, 2.05) is 6.07 Å². The molecule has 0 spiro atoms. The van der Waals surface area contributed by atoms with Crippen molar-refractivity contribution in [2.24, 2.45) is 5.92 Å². The molecule has 1 aliphatic carbocycles. The Morgan fingerprint density at radius 1 is 1.20 bits per heavy atom. The van der Waals surface area contributed by atoms with Gasteiger partial charge in [0, 0.05) is 17.5 Å². The molecular weight excluding hydrogens is 314 g/mol. The lowest BCUT2D eigenvalue weighted by molar-refractivity contribution is 0.289. The quantitative estimate of drug-likeness (QED) is 0.785. The fourth-order valence-electron chi connectivity index (χ4n) is 3.56. The first kappa shape index (κ1) is 14.8. The number of alkyl halides is 1. The summed E-state index contributed by atoms with van der Waals surface area (Å²) in [5.41, 5.74) is 0. The lowest BCUT2D eigenvalue weighted by Gasteiger charge is -2.28. The van der Waals surface area contributed by atoms with Gasteiger partial charge in [0.15, 0.2) is 0 Å². The maximum atomic E-state index is 12.8. The predicted octanol–water partition coefficient (Wildman–Crippen LogP) is 3.83. The molecule has 1 atom stereocenters. The fraction of sp³-hybridized carbons (Fsp3) is 0.714. The number of sulfonamides is 1. The molecule has 112 valence electrons. The molecule has 2 aliphatic rings. The number of hydrogen-bond donors (Lipinski definition) is 0. The van der Waals surface area contributed by atoms with Crippen LogP contribution in [0.5, 0.6) is 0 Å². The minimum absolute atomic E-state index is 0.226. The minimum Gasteiger partial charge on any atom is -0.206 e. The number of hydrogen-bond acceptors (Lipinski definition) is 3. The monoisotopic (exact) mass is 333 g/mol. The van der Waals surface area contributed by atoms with Crippen molar-refractivity contribution in [2.75, 3.05) is 6.54 Å². The highest BCUT2D eigenvalue weighted by Gasteiger charge is 2.40. The summed E-state index contributed by atoms with van der Waals surface area (Å²) in [5, 5.41) is 0. The largest absolute Gasteiger partial charge is 0.252 e. The zero-order valence-electron chi connectivity index (χ0n) is 11.4. The first-order chi connectivity index (χ1) is 9.63. The van der Waals surface area contributed by atoms with E-state index in [1.165, 1.54) is 37.0 Å². The number of nitrogens with zero attached hydrogens (tertiary/aromatic N) is 1. The van der Waals surface area contributed by atoms with Gasteiger partial charge < -0.3 is 0 Å². The van der Waals surface area contributed by atoms with Gasteiger partial charge in [-0.2, -0.15) is 4.31 Å². The van der Waals surface area contributed by atoms with Crippen molar-refractivity contribution in [3.05, 3.63) is 17.0 Å². The van der Waals surface area contributed by atoms with Crippen molar-refractivity contribution in [1.82, 2.24) is 4.31 Å². The number of halogens is 1. The zero-order valence-corrected chi connectivity index (χ0v) is 13.8. The molecule has 0 radical (unpaired) electrons. The second-order valence-corrected chi connectivity index (χ2v) is 9.28. The second-order valence-electron chi connectivity index (χ2n) is 5.72. The van der Waals surface area contributed by atoms with Crippen LogP contribution in [0.1, 0.15) is 43.4 Å². The Bertz CT molecular complexity index is 563. The first-order valence-corrected chi connectivity index (χ1v) is 10.1. The van der Waals surface area contributed by atoms with Gasteiger partial charge in [-0.25, -0.2) is 8.42 Å². The topological polar surface area (TPSA) is 37.4 Å². The van der Waals surface area contributed by atoms with Gasteiger partial charge in [-0.1, -0.05) is 12.8 Å². The summed E-state index contributed by atoms with van der Waals surface area (Å²) < 4.78 is 27.9. The Morgan fingerprint density at radius 2 is 1.95 bits per heavy atom. The highest BCUT2D eigenvalue weighted by atomic mass is 35.5.